The van der Waals surface area contributed by atoms with E-state index in [1.54, 1.807) is 16.2 Å². The number of hydrogen-bond acceptors (Lipinski definition) is 7. The zero-order valence-corrected chi connectivity index (χ0v) is 20.7. The number of fused-ring (bicyclic) bond motifs is 1. The number of rotatable bonds is 9. The molecule has 0 bridgehead atoms. The van der Waals surface area contributed by atoms with Crippen LogP contribution in [0, 0.1) is 6.92 Å². The second kappa shape index (κ2) is 10.6. The summed E-state index contributed by atoms with van der Waals surface area (Å²) in [6.45, 7) is 9.29. The van der Waals surface area contributed by atoms with Gasteiger partial charge in [-0.2, -0.15) is 0 Å². The van der Waals surface area contributed by atoms with Crippen LogP contribution in [0.2, 0.25) is 0 Å². The van der Waals surface area contributed by atoms with E-state index < -0.39 is 0 Å². The van der Waals surface area contributed by atoms with E-state index in [1.165, 1.54) is 0 Å². The van der Waals surface area contributed by atoms with Crippen molar-refractivity contribution < 1.29 is 9.53 Å². The first kappa shape index (κ1) is 23.6. The number of thiazole rings is 1. The van der Waals surface area contributed by atoms with E-state index in [2.05, 4.69) is 33.3 Å². The summed E-state index contributed by atoms with van der Waals surface area (Å²) in [5.41, 5.74) is 5.78. The largest absolute Gasteiger partial charge is 0.484 e. The maximum absolute atomic E-state index is 12.2. The van der Waals surface area contributed by atoms with Crippen LogP contribution in [0.5, 0.6) is 5.75 Å². The summed E-state index contributed by atoms with van der Waals surface area (Å²) in [4.78, 5) is 27.6. The van der Waals surface area contributed by atoms with Crippen LogP contribution in [0.3, 0.4) is 0 Å². The summed E-state index contributed by atoms with van der Waals surface area (Å²) in [6, 6.07) is 15.9. The lowest BCUT2D eigenvalue weighted by Gasteiger charge is -2.19. The van der Waals surface area contributed by atoms with Crippen LogP contribution in [0.25, 0.3) is 21.5 Å². The van der Waals surface area contributed by atoms with Crippen LogP contribution in [0.1, 0.15) is 38.2 Å². The van der Waals surface area contributed by atoms with Crippen LogP contribution < -0.4 is 10.1 Å². The number of likely N-dealkylation sites (N-methyl/N-ethyl adjacent to an activating group) is 1. The van der Waals surface area contributed by atoms with Gasteiger partial charge in [0, 0.05) is 24.7 Å². The number of amides is 1. The molecule has 2 heterocycles. The summed E-state index contributed by atoms with van der Waals surface area (Å²) in [7, 11) is 0. The Morgan fingerprint density at radius 1 is 1.12 bits per heavy atom. The van der Waals surface area contributed by atoms with Gasteiger partial charge in [-0.05, 0) is 57.5 Å². The van der Waals surface area contributed by atoms with E-state index in [9.17, 15) is 4.79 Å². The van der Waals surface area contributed by atoms with E-state index in [0.29, 0.717) is 24.7 Å². The molecule has 1 N–H and O–H groups in total. The van der Waals surface area contributed by atoms with Crippen molar-refractivity contribution in [3.05, 3.63) is 65.4 Å². The first-order chi connectivity index (χ1) is 16.5. The molecule has 4 rings (SSSR count). The SMILES string of the molecule is CCN(CC)C(=O)COc1cccc(C(C)Nc2cc(-c3ccc4ncsc4c3)nc(C)n2)c1. The second-order valence-corrected chi connectivity index (χ2v) is 8.90. The van der Waals surface area contributed by atoms with Gasteiger partial charge in [0.25, 0.3) is 5.91 Å². The molecule has 1 atom stereocenters. The third-order valence-electron chi connectivity index (χ3n) is 5.67. The average Bonchev–Trinajstić information content (AvgIpc) is 3.31. The van der Waals surface area contributed by atoms with Crippen LogP contribution in [0.4, 0.5) is 5.82 Å². The molecule has 2 aromatic carbocycles. The van der Waals surface area contributed by atoms with Gasteiger partial charge in [0.05, 0.1) is 27.5 Å². The molecule has 1 amide bonds. The van der Waals surface area contributed by atoms with Crippen molar-refractivity contribution in [1.29, 1.82) is 0 Å². The number of ether oxygens (including phenoxy) is 1. The van der Waals surface area contributed by atoms with Crippen molar-refractivity contribution >= 4 is 33.3 Å². The Hall–Kier alpha value is -3.52. The average molecular weight is 476 g/mol. The molecule has 0 fully saturated rings. The molecule has 0 aliphatic heterocycles. The molecule has 4 aromatic rings. The van der Waals surface area contributed by atoms with Gasteiger partial charge in [-0.3, -0.25) is 4.79 Å². The molecule has 0 saturated carbocycles. The second-order valence-electron chi connectivity index (χ2n) is 8.01. The summed E-state index contributed by atoms with van der Waals surface area (Å²) >= 11 is 1.62. The monoisotopic (exact) mass is 475 g/mol. The van der Waals surface area contributed by atoms with Crippen LogP contribution in [-0.4, -0.2) is 45.5 Å². The number of anilines is 1. The lowest BCUT2D eigenvalue weighted by molar-refractivity contribution is -0.132. The molecule has 34 heavy (non-hydrogen) atoms. The van der Waals surface area contributed by atoms with E-state index in [-0.39, 0.29) is 18.6 Å². The standard InChI is InChI=1S/C26H29N5O2S/c1-5-31(6-2)26(32)15-33-21-9-7-8-19(12-21)17(3)28-25-14-23(29-18(4)30-25)20-10-11-22-24(13-20)34-16-27-22/h7-14,16-17H,5-6,15H2,1-4H3,(H,28,29,30). The van der Waals surface area contributed by atoms with Gasteiger partial charge in [0.15, 0.2) is 6.61 Å². The number of nitrogens with zero attached hydrogens (tertiary/aromatic N) is 4. The molecule has 1 unspecified atom stereocenters. The fourth-order valence-corrected chi connectivity index (χ4v) is 4.51. The number of aryl methyl sites for hydroxylation is 1. The van der Waals surface area contributed by atoms with Crippen LogP contribution in [0.15, 0.2) is 54.0 Å². The minimum atomic E-state index is -0.0202. The van der Waals surface area contributed by atoms with Gasteiger partial charge >= 0.3 is 0 Å². The fourth-order valence-electron chi connectivity index (χ4n) is 3.80. The maximum atomic E-state index is 12.2. The lowest BCUT2D eigenvalue weighted by atomic mass is 10.1. The Morgan fingerprint density at radius 3 is 2.74 bits per heavy atom. The Kier molecular flexibility index (Phi) is 7.37. The number of benzene rings is 2. The number of carbonyl (C=O) groups excluding carboxylic acids is 1. The van der Waals surface area contributed by atoms with E-state index in [0.717, 1.165) is 32.9 Å². The Morgan fingerprint density at radius 2 is 1.94 bits per heavy atom. The van der Waals surface area contributed by atoms with Gasteiger partial charge in [-0.25, -0.2) is 15.0 Å². The molecule has 176 valence electrons. The fraction of sp³-hybridized carbons (Fsp3) is 0.308. The predicted molar refractivity (Wildman–Crippen MR) is 137 cm³/mol. The van der Waals surface area contributed by atoms with E-state index in [4.69, 9.17) is 4.74 Å². The summed E-state index contributed by atoms with van der Waals surface area (Å²) in [5.74, 6) is 2.11. The van der Waals surface area contributed by atoms with Crippen molar-refractivity contribution in [3.8, 4) is 17.0 Å². The van der Waals surface area contributed by atoms with Crippen LogP contribution in [-0.2, 0) is 4.79 Å². The molecule has 0 aliphatic rings. The Labute approximate surface area is 203 Å². The molecule has 0 aliphatic carbocycles. The van der Waals surface area contributed by atoms with Crippen molar-refractivity contribution in [3.63, 3.8) is 0 Å². The molecule has 0 saturated heterocycles. The zero-order valence-electron chi connectivity index (χ0n) is 19.9. The number of aromatic nitrogens is 3. The highest BCUT2D eigenvalue weighted by Gasteiger charge is 2.13. The van der Waals surface area contributed by atoms with Gasteiger partial charge in [0.2, 0.25) is 0 Å². The zero-order chi connectivity index (χ0) is 24.1. The highest BCUT2D eigenvalue weighted by atomic mass is 32.1. The van der Waals surface area contributed by atoms with E-state index >= 15 is 0 Å². The summed E-state index contributed by atoms with van der Waals surface area (Å²) in [5, 5.41) is 3.48. The van der Waals surface area contributed by atoms with Gasteiger partial charge < -0.3 is 15.0 Å². The normalized spacial score (nSPS) is 11.9. The molecule has 7 nitrogen and oxygen atoms in total. The third kappa shape index (κ3) is 5.51. The molecule has 0 radical (unpaired) electrons. The van der Waals surface area contributed by atoms with Crippen LogP contribution >= 0.6 is 11.3 Å². The molecular formula is C26H29N5O2S. The first-order valence-electron chi connectivity index (χ1n) is 11.4. The molecular weight excluding hydrogens is 446 g/mol. The number of nitrogens with one attached hydrogen (secondary N) is 1. The van der Waals surface area contributed by atoms with E-state index in [1.807, 2.05) is 68.7 Å². The topological polar surface area (TPSA) is 80.2 Å². The first-order valence-corrected chi connectivity index (χ1v) is 12.3. The number of carbonyl (C=O) groups is 1. The van der Waals surface area contributed by atoms with Gasteiger partial charge in [0.1, 0.15) is 17.4 Å². The third-order valence-corrected chi connectivity index (χ3v) is 6.46. The van der Waals surface area contributed by atoms with Crippen molar-refractivity contribution in [1.82, 2.24) is 19.9 Å². The predicted octanol–water partition coefficient (Wildman–Crippen LogP) is 5.48. The van der Waals surface area contributed by atoms with Crippen molar-refractivity contribution in [2.75, 3.05) is 25.0 Å². The van der Waals surface area contributed by atoms with Gasteiger partial charge in [-0.1, -0.05) is 18.2 Å². The summed E-state index contributed by atoms with van der Waals surface area (Å²) in [6.07, 6.45) is 0. The Bertz CT molecular complexity index is 1290. The van der Waals surface area contributed by atoms with Crippen molar-refractivity contribution in [2.24, 2.45) is 0 Å². The minimum absolute atomic E-state index is 0.0120. The van der Waals surface area contributed by atoms with Gasteiger partial charge in [-0.15, -0.1) is 11.3 Å². The minimum Gasteiger partial charge on any atom is -0.484 e. The summed E-state index contributed by atoms with van der Waals surface area (Å²) < 4.78 is 6.90. The lowest BCUT2D eigenvalue weighted by Crippen LogP contribution is -2.34. The maximum Gasteiger partial charge on any atom is 0.260 e. The van der Waals surface area contributed by atoms with Crippen molar-refractivity contribution in [2.45, 2.75) is 33.7 Å². The Balaban J connectivity index is 1.48. The molecule has 8 heteroatoms. The quantitative estimate of drug-likeness (QED) is 0.345. The highest BCUT2D eigenvalue weighted by molar-refractivity contribution is 7.16. The highest BCUT2D eigenvalue weighted by Crippen LogP contribution is 2.28. The molecule has 2 aromatic heterocycles. The smallest absolute Gasteiger partial charge is 0.260 e. The molecule has 0 spiro atoms. The number of hydrogen-bond donors (Lipinski definition) is 1.